The molecule has 0 aliphatic heterocycles. The van der Waals surface area contributed by atoms with E-state index in [0.29, 0.717) is 15.2 Å². The smallest absolute Gasteiger partial charge is 0.288 e. The van der Waals surface area contributed by atoms with Crippen LogP contribution in [0.4, 0.5) is 11.4 Å². The monoisotopic (exact) mass is 389 g/mol. The highest BCUT2D eigenvalue weighted by atomic mass is 79.9. The molecule has 9 heteroatoms. The van der Waals surface area contributed by atoms with Gasteiger partial charge in [0.25, 0.3) is 11.6 Å². The third kappa shape index (κ3) is 3.69. The largest absolute Gasteiger partial charge is 0.320 e. The Bertz CT molecular complexity index is 740. The maximum absolute atomic E-state index is 12.1. The van der Waals surface area contributed by atoms with Crippen LogP contribution < -0.4 is 5.32 Å². The summed E-state index contributed by atoms with van der Waals surface area (Å²) in [6.45, 7) is 0. The number of nitrogens with one attached hydrogen (secondary N) is 1. The molecule has 0 radical (unpaired) electrons. The van der Waals surface area contributed by atoms with Gasteiger partial charge in [-0.05, 0) is 18.2 Å². The van der Waals surface area contributed by atoms with E-state index >= 15 is 0 Å². The Labute approximate surface area is 137 Å². The molecule has 0 fully saturated rings. The zero-order valence-electron chi connectivity index (χ0n) is 10.1. The molecule has 1 heterocycles. The second kappa shape index (κ2) is 6.38. The zero-order valence-corrected chi connectivity index (χ0v) is 13.2. The summed E-state index contributed by atoms with van der Waals surface area (Å²) in [5.74, 6) is -0.642. The van der Waals surface area contributed by atoms with Crippen molar-refractivity contribution in [3.63, 3.8) is 0 Å². The SMILES string of the molecule is O=C(Nc1cc(Br)ccc1Cl)c1cc([N+](=O)[O-])cnc1Cl. The number of carbonyl (C=O) groups is 1. The van der Waals surface area contributed by atoms with Crippen molar-refractivity contribution in [2.24, 2.45) is 0 Å². The van der Waals surface area contributed by atoms with Crippen molar-refractivity contribution in [2.75, 3.05) is 5.32 Å². The van der Waals surface area contributed by atoms with Crippen molar-refractivity contribution in [3.8, 4) is 0 Å². The Morgan fingerprint density at radius 2 is 2.05 bits per heavy atom. The molecule has 0 saturated heterocycles. The molecule has 1 amide bonds. The molecule has 0 spiro atoms. The lowest BCUT2D eigenvalue weighted by atomic mass is 10.2. The average molecular weight is 391 g/mol. The Morgan fingerprint density at radius 3 is 2.71 bits per heavy atom. The van der Waals surface area contributed by atoms with E-state index in [1.165, 1.54) is 0 Å². The standard InChI is InChI=1S/C12H6BrCl2N3O3/c13-6-1-2-9(14)10(3-6)17-12(19)8-4-7(18(20)21)5-16-11(8)15/h1-5H,(H,17,19). The summed E-state index contributed by atoms with van der Waals surface area (Å²) < 4.78 is 0.713. The Morgan fingerprint density at radius 1 is 1.33 bits per heavy atom. The van der Waals surface area contributed by atoms with Gasteiger partial charge in [-0.25, -0.2) is 4.98 Å². The van der Waals surface area contributed by atoms with Crippen LogP contribution in [0.2, 0.25) is 10.2 Å². The molecule has 1 aromatic heterocycles. The third-order valence-electron chi connectivity index (χ3n) is 2.46. The molecule has 0 unspecified atom stereocenters. The van der Waals surface area contributed by atoms with Crippen molar-refractivity contribution in [2.45, 2.75) is 0 Å². The molecule has 1 N–H and O–H groups in total. The average Bonchev–Trinajstić information content (AvgIpc) is 2.43. The molecule has 0 atom stereocenters. The molecule has 0 aliphatic carbocycles. The van der Waals surface area contributed by atoms with Crippen molar-refractivity contribution in [1.82, 2.24) is 4.98 Å². The first kappa shape index (κ1) is 15.7. The molecule has 2 rings (SSSR count). The van der Waals surface area contributed by atoms with Crippen LogP contribution in [0.15, 0.2) is 34.9 Å². The number of nitrogens with zero attached hydrogens (tertiary/aromatic N) is 2. The highest BCUT2D eigenvalue weighted by molar-refractivity contribution is 9.10. The molecule has 0 bridgehead atoms. The normalized spacial score (nSPS) is 10.2. The van der Waals surface area contributed by atoms with Crippen LogP contribution in [-0.4, -0.2) is 15.8 Å². The first-order valence-corrected chi connectivity index (χ1v) is 6.99. The molecule has 2 aromatic rings. The number of halogens is 3. The topological polar surface area (TPSA) is 85.1 Å². The van der Waals surface area contributed by atoms with Gasteiger partial charge >= 0.3 is 0 Å². The van der Waals surface area contributed by atoms with Gasteiger partial charge in [-0.3, -0.25) is 14.9 Å². The van der Waals surface area contributed by atoms with Gasteiger partial charge in [0.2, 0.25) is 0 Å². The van der Waals surface area contributed by atoms with Gasteiger partial charge in [-0.2, -0.15) is 0 Å². The van der Waals surface area contributed by atoms with E-state index in [4.69, 9.17) is 23.2 Å². The number of benzene rings is 1. The van der Waals surface area contributed by atoms with E-state index in [1.807, 2.05) is 0 Å². The van der Waals surface area contributed by atoms with Crippen molar-refractivity contribution in [1.29, 1.82) is 0 Å². The summed E-state index contributed by atoms with van der Waals surface area (Å²) in [5.41, 5.74) is -0.0922. The summed E-state index contributed by atoms with van der Waals surface area (Å²) >= 11 is 15.0. The second-order valence-corrected chi connectivity index (χ2v) is 5.55. The summed E-state index contributed by atoms with van der Waals surface area (Å²) in [5, 5.41) is 13.4. The van der Waals surface area contributed by atoms with Crippen LogP contribution in [0.5, 0.6) is 0 Å². The molecule has 1 aromatic carbocycles. The lowest BCUT2D eigenvalue weighted by Crippen LogP contribution is -2.13. The summed E-state index contributed by atoms with van der Waals surface area (Å²) in [6.07, 6.45) is 0.977. The van der Waals surface area contributed by atoms with Gasteiger partial charge in [0.05, 0.1) is 21.2 Å². The van der Waals surface area contributed by atoms with Crippen molar-refractivity contribution in [3.05, 3.63) is 60.8 Å². The van der Waals surface area contributed by atoms with E-state index in [-0.39, 0.29) is 16.4 Å². The third-order valence-corrected chi connectivity index (χ3v) is 3.58. The summed E-state index contributed by atoms with van der Waals surface area (Å²) in [6, 6.07) is 5.95. The summed E-state index contributed by atoms with van der Waals surface area (Å²) in [7, 11) is 0. The van der Waals surface area contributed by atoms with Crippen LogP contribution in [0.25, 0.3) is 0 Å². The number of aromatic nitrogens is 1. The minimum absolute atomic E-state index is 0.109. The predicted octanol–water partition coefficient (Wildman–Crippen LogP) is 4.31. The van der Waals surface area contributed by atoms with Gasteiger partial charge in [-0.15, -0.1) is 0 Å². The Kier molecular flexibility index (Phi) is 4.76. The fourth-order valence-electron chi connectivity index (χ4n) is 1.48. The number of hydrogen-bond donors (Lipinski definition) is 1. The lowest BCUT2D eigenvalue weighted by Gasteiger charge is -2.08. The highest BCUT2D eigenvalue weighted by Crippen LogP contribution is 2.27. The fourth-order valence-corrected chi connectivity index (χ4v) is 2.19. The first-order valence-electron chi connectivity index (χ1n) is 5.45. The van der Waals surface area contributed by atoms with E-state index in [1.54, 1.807) is 18.2 Å². The van der Waals surface area contributed by atoms with E-state index in [0.717, 1.165) is 12.3 Å². The van der Waals surface area contributed by atoms with Crippen LogP contribution in [0, 0.1) is 10.1 Å². The molecule has 0 aliphatic rings. The predicted molar refractivity (Wildman–Crippen MR) is 83.0 cm³/mol. The number of carbonyl (C=O) groups excluding carboxylic acids is 1. The van der Waals surface area contributed by atoms with Gasteiger partial charge in [0.15, 0.2) is 0 Å². The highest BCUT2D eigenvalue weighted by Gasteiger charge is 2.18. The second-order valence-electron chi connectivity index (χ2n) is 3.87. The molecule has 6 nitrogen and oxygen atoms in total. The van der Waals surface area contributed by atoms with Gasteiger partial charge in [0, 0.05) is 10.5 Å². The molecular weight excluding hydrogens is 385 g/mol. The Hall–Kier alpha value is -1.70. The number of anilines is 1. The number of amides is 1. The minimum atomic E-state index is -0.661. The maximum atomic E-state index is 12.1. The minimum Gasteiger partial charge on any atom is -0.320 e. The van der Waals surface area contributed by atoms with Crippen LogP contribution >= 0.6 is 39.1 Å². The fraction of sp³-hybridized carbons (Fsp3) is 0. The summed E-state index contributed by atoms with van der Waals surface area (Å²) in [4.78, 5) is 25.8. The number of nitro groups is 1. The number of hydrogen-bond acceptors (Lipinski definition) is 4. The van der Waals surface area contributed by atoms with E-state index < -0.39 is 10.8 Å². The van der Waals surface area contributed by atoms with E-state index in [2.05, 4.69) is 26.2 Å². The number of rotatable bonds is 3. The van der Waals surface area contributed by atoms with Crippen LogP contribution in [0.1, 0.15) is 10.4 Å². The van der Waals surface area contributed by atoms with Crippen molar-refractivity contribution < 1.29 is 9.72 Å². The first-order chi connectivity index (χ1) is 9.88. The van der Waals surface area contributed by atoms with Gasteiger partial charge < -0.3 is 5.32 Å². The molecular formula is C12H6BrCl2N3O3. The van der Waals surface area contributed by atoms with Gasteiger partial charge in [-0.1, -0.05) is 39.1 Å². The van der Waals surface area contributed by atoms with Crippen LogP contribution in [-0.2, 0) is 0 Å². The van der Waals surface area contributed by atoms with Gasteiger partial charge in [0.1, 0.15) is 11.3 Å². The maximum Gasteiger partial charge on any atom is 0.288 e. The van der Waals surface area contributed by atoms with Crippen LogP contribution in [0.3, 0.4) is 0 Å². The number of pyridine rings is 1. The zero-order chi connectivity index (χ0) is 15.6. The molecule has 0 saturated carbocycles. The van der Waals surface area contributed by atoms with E-state index in [9.17, 15) is 14.9 Å². The Balaban J connectivity index is 2.34. The molecule has 21 heavy (non-hydrogen) atoms. The quantitative estimate of drug-likeness (QED) is 0.480. The molecule has 108 valence electrons. The lowest BCUT2D eigenvalue weighted by molar-refractivity contribution is -0.385. The van der Waals surface area contributed by atoms with Crippen molar-refractivity contribution >= 4 is 56.4 Å².